The Morgan fingerprint density at radius 2 is 1.57 bits per heavy atom. The Bertz CT molecular complexity index is 629. The van der Waals surface area contributed by atoms with E-state index in [0.29, 0.717) is 6.04 Å². The van der Waals surface area contributed by atoms with E-state index in [1.165, 1.54) is 30.4 Å². The summed E-state index contributed by atoms with van der Waals surface area (Å²) in [5.74, 6) is 0.0819. The molecular formula is C21H25NO. The van der Waals surface area contributed by atoms with Crippen molar-refractivity contribution in [1.82, 2.24) is 5.32 Å². The van der Waals surface area contributed by atoms with Crippen LogP contribution in [-0.4, -0.2) is 11.9 Å². The zero-order valence-electron chi connectivity index (χ0n) is 13.6. The van der Waals surface area contributed by atoms with Crippen molar-refractivity contribution in [3.63, 3.8) is 0 Å². The molecule has 0 atom stereocenters. The van der Waals surface area contributed by atoms with Gasteiger partial charge in [0.15, 0.2) is 0 Å². The van der Waals surface area contributed by atoms with E-state index in [4.69, 9.17) is 0 Å². The molecule has 0 radical (unpaired) electrons. The van der Waals surface area contributed by atoms with Crippen LogP contribution in [0.1, 0.15) is 53.6 Å². The number of rotatable bonds is 5. The van der Waals surface area contributed by atoms with Crippen LogP contribution in [0, 0.1) is 0 Å². The van der Waals surface area contributed by atoms with Gasteiger partial charge in [0.1, 0.15) is 0 Å². The number of benzene rings is 2. The molecule has 0 unspecified atom stereocenters. The molecule has 1 fully saturated rings. The van der Waals surface area contributed by atoms with Crippen molar-refractivity contribution in [2.75, 3.05) is 0 Å². The predicted molar refractivity (Wildman–Crippen MR) is 94.6 cm³/mol. The van der Waals surface area contributed by atoms with E-state index in [9.17, 15) is 4.79 Å². The summed E-state index contributed by atoms with van der Waals surface area (Å²) in [4.78, 5) is 12.4. The lowest BCUT2D eigenvalue weighted by molar-refractivity contribution is 0.0927. The van der Waals surface area contributed by atoms with Gasteiger partial charge in [-0.3, -0.25) is 4.79 Å². The Kier molecular flexibility index (Phi) is 5.46. The molecule has 0 aliphatic heterocycles. The average Bonchev–Trinajstić information content (AvgIpc) is 2.62. The molecule has 2 nitrogen and oxygen atoms in total. The summed E-state index contributed by atoms with van der Waals surface area (Å²) in [5, 5.41) is 3.20. The van der Waals surface area contributed by atoms with Crippen molar-refractivity contribution in [1.29, 1.82) is 0 Å². The minimum absolute atomic E-state index is 0.0819. The van der Waals surface area contributed by atoms with Crippen molar-refractivity contribution in [2.24, 2.45) is 0 Å². The Balaban J connectivity index is 1.59. The van der Waals surface area contributed by atoms with Crippen molar-refractivity contribution >= 4 is 5.91 Å². The van der Waals surface area contributed by atoms with Gasteiger partial charge in [0, 0.05) is 11.6 Å². The van der Waals surface area contributed by atoms with Crippen LogP contribution in [0.15, 0.2) is 54.6 Å². The summed E-state index contributed by atoms with van der Waals surface area (Å²) in [6, 6.07) is 18.9. The molecule has 1 aliphatic carbocycles. The summed E-state index contributed by atoms with van der Waals surface area (Å²) >= 11 is 0. The largest absolute Gasteiger partial charge is 0.349 e. The van der Waals surface area contributed by atoms with Crippen molar-refractivity contribution < 1.29 is 4.79 Å². The number of nitrogens with one attached hydrogen (secondary N) is 1. The summed E-state index contributed by atoms with van der Waals surface area (Å²) < 4.78 is 0. The quantitative estimate of drug-likeness (QED) is 0.863. The molecule has 2 heteroatoms. The first-order chi connectivity index (χ1) is 11.3. The summed E-state index contributed by atoms with van der Waals surface area (Å²) in [5.41, 5.74) is 3.36. The zero-order valence-corrected chi connectivity index (χ0v) is 13.6. The fourth-order valence-electron chi connectivity index (χ4n) is 3.32. The van der Waals surface area contributed by atoms with E-state index in [-0.39, 0.29) is 5.91 Å². The molecule has 23 heavy (non-hydrogen) atoms. The Morgan fingerprint density at radius 1 is 0.870 bits per heavy atom. The number of carbonyl (C=O) groups is 1. The molecule has 0 spiro atoms. The SMILES string of the molecule is O=C(NC1CCCCC1)c1cccc(CCc2ccccc2)c1. The fraction of sp³-hybridized carbons (Fsp3) is 0.381. The number of hydrogen-bond acceptors (Lipinski definition) is 1. The van der Waals surface area contributed by atoms with Gasteiger partial charge < -0.3 is 5.32 Å². The van der Waals surface area contributed by atoms with E-state index in [1.54, 1.807) is 0 Å². The van der Waals surface area contributed by atoms with Gasteiger partial charge in [0.2, 0.25) is 0 Å². The monoisotopic (exact) mass is 307 g/mol. The minimum Gasteiger partial charge on any atom is -0.349 e. The highest BCUT2D eigenvalue weighted by molar-refractivity contribution is 5.94. The topological polar surface area (TPSA) is 29.1 Å². The molecule has 1 amide bonds. The predicted octanol–water partition coefficient (Wildman–Crippen LogP) is 4.53. The zero-order chi connectivity index (χ0) is 15.9. The van der Waals surface area contributed by atoms with E-state index in [0.717, 1.165) is 31.2 Å². The van der Waals surface area contributed by atoms with Gasteiger partial charge in [-0.05, 0) is 48.9 Å². The number of amides is 1. The van der Waals surface area contributed by atoms with E-state index >= 15 is 0 Å². The second-order valence-electron chi connectivity index (χ2n) is 6.49. The molecule has 2 aromatic rings. The van der Waals surface area contributed by atoms with Gasteiger partial charge in [0.05, 0.1) is 0 Å². The second kappa shape index (κ2) is 7.96. The maximum absolute atomic E-state index is 12.4. The third-order valence-corrected chi connectivity index (χ3v) is 4.67. The number of hydrogen-bond donors (Lipinski definition) is 1. The minimum atomic E-state index is 0.0819. The maximum atomic E-state index is 12.4. The van der Waals surface area contributed by atoms with Crippen molar-refractivity contribution in [2.45, 2.75) is 51.0 Å². The maximum Gasteiger partial charge on any atom is 0.251 e. The van der Waals surface area contributed by atoms with E-state index < -0.39 is 0 Å². The average molecular weight is 307 g/mol. The number of aryl methyl sites for hydroxylation is 2. The first-order valence-electron chi connectivity index (χ1n) is 8.75. The highest BCUT2D eigenvalue weighted by Crippen LogP contribution is 2.18. The molecule has 0 heterocycles. The third kappa shape index (κ3) is 4.69. The van der Waals surface area contributed by atoms with Gasteiger partial charge in [-0.15, -0.1) is 0 Å². The normalized spacial score (nSPS) is 15.3. The van der Waals surface area contributed by atoms with Crippen LogP contribution >= 0.6 is 0 Å². The van der Waals surface area contributed by atoms with Crippen LogP contribution in [0.25, 0.3) is 0 Å². The molecule has 1 N–H and O–H groups in total. The molecule has 3 rings (SSSR count). The molecule has 0 saturated heterocycles. The summed E-state index contributed by atoms with van der Waals surface area (Å²) in [6.45, 7) is 0. The molecule has 1 saturated carbocycles. The van der Waals surface area contributed by atoms with Crippen LogP contribution in [0.4, 0.5) is 0 Å². The van der Waals surface area contributed by atoms with Crippen LogP contribution in [-0.2, 0) is 12.8 Å². The van der Waals surface area contributed by atoms with Crippen LogP contribution in [0.2, 0.25) is 0 Å². The lowest BCUT2D eigenvalue weighted by Gasteiger charge is -2.22. The lowest BCUT2D eigenvalue weighted by atomic mass is 9.95. The van der Waals surface area contributed by atoms with Gasteiger partial charge in [-0.25, -0.2) is 0 Å². The number of carbonyl (C=O) groups excluding carboxylic acids is 1. The van der Waals surface area contributed by atoms with Crippen molar-refractivity contribution in [3.05, 3.63) is 71.3 Å². The van der Waals surface area contributed by atoms with E-state index in [1.807, 2.05) is 24.3 Å². The third-order valence-electron chi connectivity index (χ3n) is 4.67. The highest BCUT2D eigenvalue weighted by Gasteiger charge is 2.16. The van der Waals surface area contributed by atoms with Gasteiger partial charge in [-0.2, -0.15) is 0 Å². The van der Waals surface area contributed by atoms with Crippen LogP contribution < -0.4 is 5.32 Å². The highest BCUT2D eigenvalue weighted by atomic mass is 16.1. The molecule has 120 valence electrons. The standard InChI is InChI=1S/C21H25NO/c23-21(22-20-12-5-2-6-13-20)19-11-7-10-18(16-19)15-14-17-8-3-1-4-9-17/h1,3-4,7-11,16,20H,2,5-6,12-15H2,(H,22,23). The van der Waals surface area contributed by atoms with Crippen LogP contribution in [0.3, 0.4) is 0 Å². The fourth-order valence-corrected chi connectivity index (χ4v) is 3.32. The van der Waals surface area contributed by atoms with Crippen LogP contribution in [0.5, 0.6) is 0 Å². The lowest BCUT2D eigenvalue weighted by Crippen LogP contribution is -2.36. The van der Waals surface area contributed by atoms with E-state index in [2.05, 4.69) is 35.6 Å². The van der Waals surface area contributed by atoms with Gasteiger partial charge >= 0.3 is 0 Å². The smallest absolute Gasteiger partial charge is 0.251 e. The molecular weight excluding hydrogens is 282 g/mol. The second-order valence-corrected chi connectivity index (χ2v) is 6.49. The molecule has 0 bridgehead atoms. The summed E-state index contributed by atoms with van der Waals surface area (Å²) in [7, 11) is 0. The first kappa shape index (κ1) is 15.8. The van der Waals surface area contributed by atoms with Gasteiger partial charge in [-0.1, -0.05) is 61.7 Å². The first-order valence-corrected chi connectivity index (χ1v) is 8.75. The Hall–Kier alpha value is -2.09. The molecule has 0 aromatic heterocycles. The van der Waals surface area contributed by atoms with Gasteiger partial charge in [0.25, 0.3) is 5.91 Å². The Morgan fingerprint density at radius 3 is 2.35 bits per heavy atom. The Labute approximate surface area is 138 Å². The molecule has 1 aliphatic rings. The molecule has 2 aromatic carbocycles. The van der Waals surface area contributed by atoms with Crippen molar-refractivity contribution in [3.8, 4) is 0 Å². The summed E-state index contributed by atoms with van der Waals surface area (Å²) in [6.07, 6.45) is 8.01.